The Kier molecular flexibility index (Phi) is 6.74. The summed E-state index contributed by atoms with van der Waals surface area (Å²) in [6.45, 7) is 2.34. The fraction of sp³-hybridized carbons (Fsp3) is 0.211. The van der Waals surface area contributed by atoms with Crippen LogP contribution in [0.15, 0.2) is 59.8 Å². The number of aromatic nitrogens is 4. The van der Waals surface area contributed by atoms with Crippen molar-refractivity contribution in [2.24, 2.45) is 0 Å². The summed E-state index contributed by atoms with van der Waals surface area (Å²) in [6.07, 6.45) is 0.171. The molecule has 0 saturated heterocycles. The van der Waals surface area contributed by atoms with Gasteiger partial charge in [-0.1, -0.05) is 60.3 Å². The lowest BCUT2D eigenvalue weighted by atomic mass is 10.2. The quantitative estimate of drug-likeness (QED) is 0.595. The van der Waals surface area contributed by atoms with Crippen LogP contribution in [-0.4, -0.2) is 37.9 Å². The van der Waals surface area contributed by atoms with E-state index < -0.39 is 6.03 Å². The van der Waals surface area contributed by atoms with Crippen molar-refractivity contribution >= 4 is 23.7 Å². The van der Waals surface area contributed by atoms with Crippen molar-refractivity contribution < 1.29 is 9.59 Å². The second-order valence-corrected chi connectivity index (χ2v) is 7.04. The molecule has 2 aromatic carbocycles. The summed E-state index contributed by atoms with van der Waals surface area (Å²) in [6, 6.07) is 16.7. The molecule has 3 rings (SSSR count). The van der Waals surface area contributed by atoms with E-state index in [1.807, 2.05) is 61.5 Å². The minimum atomic E-state index is -0.511. The number of rotatable bonds is 7. The molecule has 1 aromatic heterocycles. The molecule has 0 atom stereocenters. The van der Waals surface area contributed by atoms with Crippen LogP contribution < -0.4 is 10.6 Å². The van der Waals surface area contributed by atoms with Crippen molar-refractivity contribution in [3.63, 3.8) is 0 Å². The number of nitrogens with one attached hydrogen (secondary N) is 2. The molecule has 3 amide bonds. The molecular formula is C19H20N6O2S. The molecule has 9 heteroatoms. The Bertz CT molecular complexity index is 944. The third-order valence-corrected chi connectivity index (χ3v) is 4.81. The molecule has 8 nitrogen and oxygen atoms in total. The van der Waals surface area contributed by atoms with Crippen molar-refractivity contribution in [2.75, 3.05) is 5.75 Å². The highest BCUT2D eigenvalue weighted by molar-refractivity contribution is 7.99. The number of hydrogen-bond donors (Lipinski definition) is 2. The smallest absolute Gasteiger partial charge is 0.321 e. The molecule has 3 aromatic rings. The summed E-state index contributed by atoms with van der Waals surface area (Å²) in [4.78, 5) is 23.8. The van der Waals surface area contributed by atoms with Crippen molar-refractivity contribution in [1.82, 2.24) is 30.8 Å². The Morgan fingerprint density at radius 2 is 1.82 bits per heavy atom. The minimum Gasteiger partial charge on any atom is -0.334 e. The van der Waals surface area contributed by atoms with E-state index in [1.165, 1.54) is 11.8 Å². The van der Waals surface area contributed by atoms with E-state index in [1.54, 1.807) is 4.68 Å². The maximum absolute atomic E-state index is 12.0. The Morgan fingerprint density at radius 3 is 2.61 bits per heavy atom. The van der Waals surface area contributed by atoms with Gasteiger partial charge in [0.25, 0.3) is 0 Å². The SMILES string of the molecule is Cc1ccccc1-n1nnnc1SCCC(=O)NC(=O)NCc1ccccc1. The largest absolute Gasteiger partial charge is 0.334 e. The van der Waals surface area contributed by atoms with E-state index in [2.05, 4.69) is 26.2 Å². The van der Waals surface area contributed by atoms with Crippen LogP contribution >= 0.6 is 11.8 Å². The van der Waals surface area contributed by atoms with Crippen LogP contribution in [0.25, 0.3) is 5.69 Å². The van der Waals surface area contributed by atoms with Crippen LogP contribution in [0.4, 0.5) is 4.79 Å². The fourth-order valence-corrected chi connectivity index (χ4v) is 3.29. The predicted molar refractivity (Wildman–Crippen MR) is 106 cm³/mol. The third-order valence-electron chi connectivity index (χ3n) is 3.89. The highest BCUT2D eigenvalue weighted by atomic mass is 32.2. The molecule has 0 bridgehead atoms. The molecule has 0 radical (unpaired) electrons. The molecule has 2 N–H and O–H groups in total. The predicted octanol–water partition coefficient (Wildman–Crippen LogP) is 2.48. The number of imide groups is 1. The summed E-state index contributed by atoms with van der Waals surface area (Å²) in [7, 11) is 0. The van der Waals surface area contributed by atoms with Gasteiger partial charge in [-0.15, -0.1) is 5.10 Å². The number of nitrogens with zero attached hydrogens (tertiary/aromatic N) is 4. The first-order valence-corrected chi connectivity index (χ1v) is 9.71. The topological polar surface area (TPSA) is 102 Å². The lowest BCUT2D eigenvalue weighted by molar-refractivity contribution is -0.119. The van der Waals surface area contributed by atoms with E-state index in [9.17, 15) is 9.59 Å². The van der Waals surface area contributed by atoms with Crippen molar-refractivity contribution in [3.8, 4) is 5.69 Å². The molecular weight excluding hydrogens is 376 g/mol. The van der Waals surface area contributed by atoms with E-state index in [0.29, 0.717) is 17.5 Å². The molecule has 0 fully saturated rings. The molecule has 0 spiro atoms. The highest BCUT2D eigenvalue weighted by Gasteiger charge is 2.12. The maximum atomic E-state index is 12.0. The summed E-state index contributed by atoms with van der Waals surface area (Å²) >= 11 is 1.36. The van der Waals surface area contributed by atoms with Gasteiger partial charge in [-0.05, 0) is 34.5 Å². The van der Waals surface area contributed by atoms with Crippen LogP contribution in [0.1, 0.15) is 17.5 Å². The van der Waals surface area contributed by atoms with Crippen LogP contribution in [0.5, 0.6) is 0 Å². The summed E-state index contributed by atoms with van der Waals surface area (Å²) in [5.41, 5.74) is 2.90. The van der Waals surface area contributed by atoms with Gasteiger partial charge in [0.2, 0.25) is 11.1 Å². The first kappa shape index (κ1) is 19.6. The Labute approximate surface area is 166 Å². The lowest BCUT2D eigenvalue weighted by Crippen LogP contribution is -2.39. The van der Waals surface area contributed by atoms with Gasteiger partial charge in [0.05, 0.1) is 5.69 Å². The normalized spacial score (nSPS) is 10.5. The zero-order valence-electron chi connectivity index (χ0n) is 15.3. The van der Waals surface area contributed by atoms with Gasteiger partial charge in [-0.25, -0.2) is 4.79 Å². The lowest BCUT2D eigenvalue weighted by Gasteiger charge is -2.08. The first-order valence-electron chi connectivity index (χ1n) is 8.72. The standard InChI is InChI=1S/C19H20N6O2S/c1-14-7-5-6-10-16(14)25-19(22-23-24-25)28-12-11-17(26)21-18(27)20-13-15-8-3-2-4-9-15/h2-10H,11-13H2,1H3,(H2,20,21,26,27). The number of aryl methyl sites for hydroxylation is 1. The molecule has 1 heterocycles. The van der Waals surface area contributed by atoms with Gasteiger partial charge in [-0.3, -0.25) is 10.1 Å². The molecule has 0 aliphatic rings. The molecule has 0 aliphatic carbocycles. The first-order chi connectivity index (χ1) is 13.6. The number of carbonyl (C=O) groups is 2. The fourth-order valence-electron chi connectivity index (χ4n) is 2.47. The van der Waals surface area contributed by atoms with Crippen molar-refractivity contribution in [2.45, 2.75) is 25.0 Å². The van der Waals surface area contributed by atoms with E-state index in [4.69, 9.17) is 0 Å². The second-order valence-electron chi connectivity index (χ2n) is 5.97. The van der Waals surface area contributed by atoms with Gasteiger partial charge in [0.15, 0.2) is 0 Å². The monoisotopic (exact) mass is 396 g/mol. The third kappa shape index (κ3) is 5.40. The van der Waals surface area contributed by atoms with Gasteiger partial charge in [-0.2, -0.15) is 4.68 Å². The Balaban J connectivity index is 1.44. The molecule has 0 aliphatic heterocycles. The van der Waals surface area contributed by atoms with Crippen LogP contribution in [-0.2, 0) is 11.3 Å². The van der Waals surface area contributed by atoms with Crippen LogP contribution in [0.3, 0.4) is 0 Å². The van der Waals surface area contributed by atoms with Crippen LogP contribution in [0, 0.1) is 6.92 Å². The van der Waals surface area contributed by atoms with Gasteiger partial charge in [0.1, 0.15) is 0 Å². The van der Waals surface area contributed by atoms with E-state index in [-0.39, 0.29) is 12.3 Å². The summed E-state index contributed by atoms with van der Waals surface area (Å²) in [5.74, 6) is 0.0947. The molecule has 144 valence electrons. The van der Waals surface area contributed by atoms with Gasteiger partial charge < -0.3 is 5.32 Å². The number of carbonyl (C=O) groups excluding carboxylic acids is 2. The number of thioether (sulfide) groups is 1. The average Bonchev–Trinajstić information content (AvgIpc) is 3.16. The van der Waals surface area contributed by atoms with Gasteiger partial charge >= 0.3 is 6.03 Å². The van der Waals surface area contributed by atoms with Gasteiger partial charge in [0, 0.05) is 18.7 Å². The van der Waals surface area contributed by atoms with E-state index in [0.717, 1.165) is 16.8 Å². The highest BCUT2D eigenvalue weighted by Crippen LogP contribution is 2.20. The van der Waals surface area contributed by atoms with Crippen molar-refractivity contribution in [1.29, 1.82) is 0 Å². The number of amides is 3. The number of para-hydroxylation sites is 1. The maximum Gasteiger partial charge on any atom is 0.321 e. The summed E-state index contributed by atoms with van der Waals surface area (Å²) < 4.78 is 1.64. The molecule has 28 heavy (non-hydrogen) atoms. The number of tetrazole rings is 1. The molecule has 0 saturated carbocycles. The number of hydrogen-bond acceptors (Lipinski definition) is 6. The van der Waals surface area contributed by atoms with Crippen molar-refractivity contribution in [3.05, 3.63) is 65.7 Å². The zero-order valence-corrected chi connectivity index (χ0v) is 16.1. The Morgan fingerprint density at radius 1 is 1.07 bits per heavy atom. The Hall–Kier alpha value is -3.20. The summed E-state index contributed by atoms with van der Waals surface area (Å²) in [5, 5.41) is 17.3. The second kappa shape index (κ2) is 9.65. The van der Waals surface area contributed by atoms with E-state index >= 15 is 0 Å². The number of urea groups is 1. The zero-order chi connectivity index (χ0) is 19.8. The minimum absolute atomic E-state index is 0.171. The van der Waals surface area contributed by atoms with Crippen LogP contribution in [0.2, 0.25) is 0 Å². The number of benzene rings is 2. The molecule has 0 unspecified atom stereocenters. The average molecular weight is 396 g/mol.